The lowest BCUT2D eigenvalue weighted by molar-refractivity contribution is -0.287. The highest BCUT2D eigenvalue weighted by molar-refractivity contribution is 5.85. The van der Waals surface area contributed by atoms with Crippen LogP contribution in [0.3, 0.4) is 0 Å². The molecule has 0 spiro atoms. The average Bonchev–Trinajstić information content (AvgIpc) is 3.45. The van der Waals surface area contributed by atoms with Crippen molar-refractivity contribution in [3.8, 4) is 0 Å². The summed E-state index contributed by atoms with van der Waals surface area (Å²) in [5.41, 5.74) is -2.52. The number of hydrogen-bond donors (Lipinski definition) is 3. The number of carbonyl (C=O) groups is 2. The molecule has 2 aliphatic heterocycles. The third kappa shape index (κ3) is 3.94. The van der Waals surface area contributed by atoms with Crippen molar-refractivity contribution in [1.29, 1.82) is 0 Å². The Balaban J connectivity index is 1.21. The molecule has 5 fully saturated rings. The summed E-state index contributed by atoms with van der Waals surface area (Å²) in [6.45, 7) is 4.25. The summed E-state index contributed by atoms with van der Waals surface area (Å²) in [6.07, 6.45) is 6.10. The molecule has 12 atom stereocenters. The van der Waals surface area contributed by atoms with E-state index in [1.165, 1.54) is 0 Å². The second-order valence-corrected chi connectivity index (χ2v) is 13.5. The van der Waals surface area contributed by atoms with Crippen molar-refractivity contribution < 1.29 is 43.9 Å². The van der Waals surface area contributed by atoms with E-state index in [2.05, 4.69) is 6.92 Å². The van der Waals surface area contributed by atoms with Crippen LogP contribution in [-0.4, -0.2) is 83.2 Å². The van der Waals surface area contributed by atoms with Crippen molar-refractivity contribution in [2.24, 2.45) is 28.6 Å². The van der Waals surface area contributed by atoms with Gasteiger partial charge in [-0.2, -0.15) is 0 Å². The van der Waals surface area contributed by atoms with E-state index in [9.17, 15) is 24.9 Å². The molecular weight excluding hydrogens is 504 g/mol. The number of cyclic esters (lactones) is 1. The Morgan fingerprint density at radius 2 is 1.85 bits per heavy atom. The number of aldehydes is 1. The monoisotopic (exact) mass is 548 g/mol. The molecule has 0 amide bonds. The zero-order valence-electron chi connectivity index (χ0n) is 23.3. The molecule has 4 aliphatic carbocycles. The quantitative estimate of drug-likeness (QED) is 0.269. The number of methoxy groups -OCH3 is 1. The van der Waals surface area contributed by atoms with E-state index in [1.54, 1.807) is 20.1 Å². The molecule has 0 aromatic heterocycles. The van der Waals surface area contributed by atoms with E-state index in [0.717, 1.165) is 31.1 Å². The summed E-state index contributed by atoms with van der Waals surface area (Å²) in [6, 6.07) is 0. The lowest BCUT2D eigenvalue weighted by Gasteiger charge is -2.65. The number of fused-ring (bicyclic) bond motifs is 5. The van der Waals surface area contributed by atoms with Gasteiger partial charge in [0.2, 0.25) is 0 Å². The van der Waals surface area contributed by atoms with E-state index in [1.807, 2.05) is 0 Å². The Hall–Kier alpha value is -1.36. The Morgan fingerprint density at radius 1 is 1.08 bits per heavy atom. The van der Waals surface area contributed by atoms with Gasteiger partial charge in [-0.1, -0.05) is 6.92 Å². The molecule has 39 heavy (non-hydrogen) atoms. The summed E-state index contributed by atoms with van der Waals surface area (Å²) in [4.78, 5) is 24.8. The van der Waals surface area contributed by atoms with Crippen LogP contribution in [0.25, 0.3) is 0 Å². The minimum atomic E-state index is -1.21. The van der Waals surface area contributed by atoms with E-state index in [0.29, 0.717) is 51.6 Å². The summed E-state index contributed by atoms with van der Waals surface area (Å²) in [5, 5.41) is 34.8. The normalized spacial score (nSPS) is 53.3. The molecule has 0 aromatic rings. The van der Waals surface area contributed by atoms with Gasteiger partial charge in [-0.3, -0.25) is 0 Å². The number of aliphatic hydroxyl groups excluding tert-OH is 1. The fourth-order valence-electron chi connectivity index (χ4n) is 9.98. The third-order valence-electron chi connectivity index (χ3n) is 12.1. The molecule has 0 radical (unpaired) electrons. The van der Waals surface area contributed by atoms with Gasteiger partial charge in [-0.05, 0) is 81.6 Å². The first-order valence-electron chi connectivity index (χ1n) is 14.8. The second kappa shape index (κ2) is 9.60. The molecule has 6 aliphatic rings. The smallest absolute Gasteiger partial charge is 0.331 e. The second-order valence-electron chi connectivity index (χ2n) is 13.5. The lowest BCUT2D eigenvalue weighted by atomic mass is 9.41. The maximum absolute atomic E-state index is 13.0. The molecule has 9 nitrogen and oxygen atoms in total. The molecule has 2 heterocycles. The van der Waals surface area contributed by atoms with E-state index >= 15 is 0 Å². The first-order valence-corrected chi connectivity index (χ1v) is 14.8. The number of esters is 1. The molecule has 0 aromatic carbocycles. The van der Waals surface area contributed by atoms with Crippen molar-refractivity contribution in [1.82, 2.24) is 0 Å². The number of carbonyl (C=O) groups excluding carboxylic acids is 2. The number of hydrogen-bond acceptors (Lipinski definition) is 9. The highest BCUT2D eigenvalue weighted by Gasteiger charge is 2.71. The van der Waals surface area contributed by atoms with Crippen molar-refractivity contribution in [2.45, 2.75) is 120 Å². The van der Waals surface area contributed by atoms with Crippen LogP contribution in [0.2, 0.25) is 0 Å². The maximum atomic E-state index is 13.0. The van der Waals surface area contributed by atoms with Gasteiger partial charge in [0.15, 0.2) is 6.29 Å². The fourth-order valence-corrected chi connectivity index (χ4v) is 9.98. The predicted octanol–water partition coefficient (Wildman–Crippen LogP) is 2.43. The molecule has 9 heteroatoms. The molecule has 218 valence electrons. The standard InChI is InChI=1S/C30H44O9/c1-17-26(33)23(36-3)13-25(38-17)39-19-4-9-28(16-31)21-5-8-27(2)20(18-12-24(32)37-15-18)7-11-30(27,35)22(21)6-10-29(28,34)14-19/h12,16-17,19-23,25-26,33-35H,4-11,13-15H2,1-3H3/t17-,19-,20-,21+,22-,23-,25+,26+,27+,28-,29+,30-/m0/s1. The van der Waals surface area contributed by atoms with Gasteiger partial charge in [-0.25, -0.2) is 4.79 Å². The Labute approximate surface area is 230 Å². The summed E-state index contributed by atoms with van der Waals surface area (Å²) in [5.74, 6) is -0.420. The predicted molar refractivity (Wildman–Crippen MR) is 138 cm³/mol. The highest BCUT2D eigenvalue weighted by Crippen LogP contribution is 2.70. The van der Waals surface area contributed by atoms with Crippen LogP contribution in [-0.2, 0) is 28.5 Å². The zero-order chi connectivity index (χ0) is 27.8. The Morgan fingerprint density at radius 3 is 2.54 bits per heavy atom. The van der Waals surface area contributed by atoms with E-state index in [-0.39, 0.29) is 35.9 Å². The van der Waals surface area contributed by atoms with Gasteiger partial charge in [-0.15, -0.1) is 0 Å². The molecule has 4 saturated carbocycles. The van der Waals surface area contributed by atoms with Crippen molar-refractivity contribution in [3.63, 3.8) is 0 Å². The fraction of sp³-hybridized carbons (Fsp3) is 0.867. The van der Waals surface area contributed by atoms with Crippen LogP contribution in [0.4, 0.5) is 0 Å². The van der Waals surface area contributed by atoms with Gasteiger partial charge < -0.3 is 39.1 Å². The van der Waals surface area contributed by atoms with Gasteiger partial charge >= 0.3 is 5.97 Å². The lowest BCUT2D eigenvalue weighted by Crippen LogP contribution is -2.69. The molecule has 3 N–H and O–H groups in total. The van der Waals surface area contributed by atoms with Gasteiger partial charge in [0.05, 0.1) is 34.9 Å². The highest BCUT2D eigenvalue weighted by atomic mass is 16.7. The number of aliphatic hydroxyl groups is 3. The first-order chi connectivity index (χ1) is 18.5. The van der Waals surface area contributed by atoms with Crippen LogP contribution in [0.15, 0.2) is 11.6 Å². The zero-order valence-corrected chi connectivity index (χ0v) is 23.3. The molecule has 1 saturated heterocycles. The van der Waals surface area contributed by atoms with E-state index in [4.69, 9.17) is 18.9 Å². The SMILES string of the molecule is CO[C@H]1C[C@@H](O[C@H]2CC[C@]3(C=O)[C@@H]4CC[C@]5(C)[C@H](C6=CC(=O)OC6)CC[C@]5(O)[C@H]4CC[C@@]3(O)C2)O[C@@H](C)[C@H]1O. The molecule has 0 unspecified atom stereocenters. The minimum absolute atomic E-state index is 0.0827. The number of rotatable bonds is 5. The number of ether oxygens (including phenoxy) is 4. The molecule has 0 bridgehead atoms. The largest absolute Gasteiger partial charge is 0.458 e. The summed E-state index contributed by atoms with van der Waals surface area (Å²) >= 11 is 0. The third-order valence-corrected chi connectivity index (χ3v) is 12.1. The van der Waals surface area contributed by atoms with Crippen LogP contribution >= 0.6 is 0 Å². The van der Waals surface area contributed by atoms with Crippen LogP contribution in [0, 0.1) is 28.6 Å². The summed E-state index contributed by atoms with van der Waals surface area (Å²) in [7, 11) is 1.57. The average molecular weight is 549 g/mol. The van der Waals surface area contributed by atoms with Gasteiger partial charge in [0.25, 0.3) is 0 Å². The van der Waals surface area contributed by atoms with Crippen molar-refractivity contribution in [2.75, 3.05) is 13.7 Å². The molecule has 6 rings (SSSR count). The van der Waals surface area contributed by atoms with Crippen LogP contribution in [0.5, 0.6) is 0 Å². The topological polar surface area (TPSA) is 132 Å². The van der Waals surface area contributed by atoms with Crippen molar-refractivity contribution in [3.05, 3.63) is 11.6 Å². The Bertz CT molecular complexity index is 1030. The maximum Gasteiger partial charge on any atom is 0.331 e. The van der Waals surface area contributed by atoms with Crippen LogP contribution in [0.1, 0.15) is 78.1 Å². The van der Waals surface area contributed by atoms with Gasteiger partial charge in [0, 0.05) is 31.4 Å². The van der Waals surface area contributed by atoms with Gasteiger partial charge in [0.1, 0.15) is 19.0 Å². The summed E-state index contributed by atoms with van der Waals surface area (Å²) < 4.78 is 22.9. The molecular formula is C30H44O9. The van der Waals surface area contributed by atoms with E-state index < -0.39 is 40.5 Å². The van der Waals surface area contributed by atoms with Crippen LogP contribution < -0.4 is 0 Å². The first kappa shape index (κ1) is 27.8. The minimum Gasteiger partial charge on any atom is -0.458 e. The Kier molecular flexibility index (Phi) is 6.84. The van der Waals surface area contributed by atoms with Crippen molar-refractivity contribution >= 4 is 12.3 Å².